The highest BCUT2D eigenvalue weighted by atomic mass is 16.2. The van der Waals surface area contributed by atoms with Gasteiger partial charge in [0.15, 0.2) is 0 Å². The summed E-state index contributed by atoms with van der Waals surface area (Å²) >= 11 is 0. The fourth-order valence-electron chi connectivity index (χ4n) is 3.03. The third-order valence-corrected chi connectivity index (χ3v) is 4.34. The van der Waals surface area contributed by atoms with E-state index in [-0.39, 0.29) is 5.91 Å². The van der Waals surface area contributed by atoms with Gasteiger partial charge in [-0.3, -0.25) is 9.59 Å². The summed E-state index contributed by atoms with van der Waals surface area (Å²) in [5.41, 5.74) is 0. The van der Waals surface area contributed by atoms with Gasteiger partial charge in [-0.1, -0.05) is 0 Å². The summed E-state index contributed by atoms with van der Waals surface area (Å²) in [4.78, 5) is 25.3. The lowest BCUT2D eigenvalue weighted by atomic mass is 9.85. The van der Waals surface area contributed by atoms with Crippen molar-refractivity contribution in [1.82, 2.24) is 10.2 Å². The second kappa shape index (κ2) is 4.31. The van der Waals surface area contributed by atoms with Crippen LogP contribution in [-0.4, -0.2) is 35.8 Å². The van der Waals surface area contributed by atoms with Gasteiger partial charge in [0.25, 0.3) is 0 Å². The van der Waals surface area contributed by atoms with Gasteiger partial charge in [-0.25, -0.2) is 0 Å². The minimum absolute atomic E-state index is 0.184. The third-order valence-electron chi connectivity index (χ3n) is 4.34. The number of likely N-dealkylation sites (tertiary alicyclic amines) is 1. The number of nitrogens with zero attached hydrogens (tertiary/aromatic N) is 1. The predicted octanol–water partition coefficient (Wildman–Crippen LogP) is 0.914. The molecule has 4 heteroatoms. The molecule has 94 valence electrons. The first-order valence-electron chi connectivity index (χ1n) is 6.79. The molecule has 2 saturated heterocycles. The summed E-state index contributed by atoms with van der Waals surface area (Å²) in [6, 6.07) is 0.321. The van der Waals surface area contributed by atoms with Crippen molar-refractivity contribution >= 4 is 11.8 Å². The van der Waals surface area contributed by atoms with Crippen LogP contribution in [0.3, 0.4) is 0 Å². The van der Waals surface area contributed by atoms with Crippen LogP contribution in [0.5, 0.6) is 0 Å². The van der Waals surface area contributed by atoms with E-state index in [1.54, 1.807) is 0 Å². The molecule has 3 fully saturated rings. The SMILES string of the molecule is O=C1CCC2CN(C(=O)CC3CC3)CCC2N1. The number of hydrogen-bond donors (Lipinski definition) is 1. The van der Waals surface area contributed by atoms with Crippen molar-refractivity contribution in [3.8, 4) is 0 Å². The molecule has 2 unspecified atom stereocenters. The van der Waals surface area contributed by atoms with Crippen molar-refractivity contribution in [2.24, 2.45) is 11.8 Å². The zero-order valence-corrected chi connectivity index (χ0v) is 10.2. The molecule has 2 aliphatic heterocycles. The van der Waals surface area contributed by atoms with Crippen molar-refractivity contribution in [2.75, 3.05) is 13.1 Å². The fraction of sp³-hybridized carbons (Fsp3) is 0.846. The van der Waals surface area contributed by atoms with Gasteiger partial charge in [0.1, 0.15) is 0 Å². The average molecular weight is 236 g/mol. The second-order valence-electron chi connectivity index (χ2n) is 5.75. The van der Waals surface area contributed by atoms with Crippen LogP contribution in [0.2, 0.25) is 0 Å². The molecule has 0 aromatic heterocycles. The highest BCUT2D eigenvalue weighted by Gasteiger charge is 2.36. The Morgan fingerprint density at radius 3 is 2.88 bits per heavy atom. The van der Waals surface area contributed by atoms with E-state index in [2.05, 4.69) is 5.32 Å². The zero-order chi connectivity index (χ0) is 11.8. The number of piperidine rings is 2. The Balaban J connectivity index is 1.55. The van der Waals surface area contributed by atoms with Gasteiger partial charge >= 0.3 is 0 Å². The summed E-state index contributed by atoms with van der Waals surface area (Å²) in [6.45, 7) is 1.68. The van der Waals surface area contributed by atoms with E-state index in [9.17, 15) is 9.59 Å². The van der Waals surface area contributed by atoms with Crippen molar-refractivity contribution in [2.45, 2.75) is 44.6 Å². The number of amides is 2. The maximum atomic E-state index is 12.0. The largest absolute Gasteiger partial charge is 0.353 e. The number of nitrogens with one attached hydrogen (secondary N) is 1. The molecule has 1 N–H and O–H groups in total. The summed E-state index contributed by atoms with van der Waals surface area (Å²) < 4.78 is 0. The molecule has 0 bridgehead atoms. The van der Waals surface area contributed by atoms with Gasteiger partial charge in [0.2, 0.25) is 11.8 Å². The van der Waals surface area contributed by atoms with E-state index in [0.29, 0.717) is 30.2 Å². The van der Waals surface area contributed by atoms with Crippen LogP contribution in [-0.2, 0) is 9.59 Å². The van der Waals surface area contributed by atoms with Crippen molar-refractivity contribution in [1.29, 1.82) is 0 Å². The first-order chi connectivity index (χ1) is 8.22. The summed E-state index contributed by atoms with van der Waals surface area (Å²) in [5, 5.41) is 3.05. The minimum Gasteiger partial charge on any atom is -0.353 e. The third kappa shape index (κ3) is 2.45. The first-order valence-corrected chi connectivity index (χ1v) is 6.79. The molecule has 3 rings (SSSR count). The lowest BCUT2D eigenvalue weighted by Crippen LogP contribution is -2.55. The predicted molar refractivity (Wildman–Crippen MR) is 63.2 cm³/mol. The Kier molecular flexibility index (Phi) is 2.81. The van der Waals surface area contributed by atoms with E-state index in [4.69, 9.17) is 0 Å². The Hall–Kier alpha value is -1.06. The summed E-state index contributed by atoms with van der Waals surface area (Å²) in [5.74, 6) is 1.68. The topological polar surface area (TPSA) is 49.4 Å². The maximum Gasteiger partial charge on any atom is 0.222 e. The monoisotopic (exact) mass is 236 g/mol. The van der Waals surface area contributed by atoms with Gasteiger partial charge in [0.05, 0.1) is 0 Å². The average Bonchev–Trinajstić information content (AvgIpc) is 3.12. The van der Waals surface area contributed by atoms with Crippen LogP contribution in [0.15, 0.2) is 0 Å². The lowest BCUT2D eigenvalue weighted by molar-refractivity contribution is -0.135. The summed E-state index contributed by atoms with van der Waals surface area (Å²) in [6.07, 6.45) is 5.75. The molecular weight excluding hydrogens is 216 g/mol. The van der Waals surface area contributed by atoms with Gasteiger partial charge in [-0.15, -0.1) is 0 Å². The number of carbonyl (C=O) groups excluding carboxylic acids is 2. The van der Waals surface area contributed by atoms with E-state index < -0.39 is 0 Å². The van der Waals surface area contributed by atoms with Crippen molar-refractivity contribution in [3.63, 3.8) is 0 Å². The molecule has 0 aromatic carbocycles. The Morgan fingerprint density at radius 1 is 1.29 bits per heavy atom. The van der Waals surface area contributed by atoms with Gasteiger partial charge in [-0.05, 0) is 37.5 Å². The van der Waals surface area contributed by atoms with Crippen molar-refractivity contribution < 1.29 is 9.59 Å². The molecular formula is C13H20N2O2. The molecule has 0 radical (unpaired) electrons. The molecule has 2 atom stereocenters. The van der Waals surface area contributed by atoms with Crippen LogP contribution in [0.25, 0.3) is 0 Å². The standard InChI is InChI=1S/C13H20N2O2/c16-12-4-3-10-8-15(6-5-11(10)14-12)13(17)7-9-1-2-9/h9-11H,1-8H2,(H,14,16). The summed E-state index contributed by atoms with van der Waals surface area (Å²) in [7, 11) is 0. The van der Waals surface area contributed by atoms with Crippen LogP contribution in [0.4, 0.5) is 0 Å². The van der Waals surface area contributed by atoms with Gasteiger partial charge in [0, 0.05) is 32.0 Å². The smallest absolute Gasteiger partial charge is 0.222 e. The highest BCUT2D eigenvalue weighted by molar-refractivity contribution is 5.78. The number of fused-ring (bicyclic) bond motifs is 1. The van der Waals surface area contributed by atoms with E-state index >= 15 is 0 Å². The van der Waals surface area contributed by atoms with Crippen LogP contribution in [0.1, 0.15) is 38.5 Å². The van der Waals surface area contributed by atoms with E-state index in [1.165, 1.54) is 12.8 Å². The Bertz CT molecular complexity index is 338. The fourth-order valence-corrected chi connectivity index (χ4v) is 3.03. The second-order valence-corrected chi connectivity index (χ2v) is 5.75. The van der Waals surface area contributed by atoms with Crippen molar-refractivity contribution in [3.05, 3.63) is 0 Å². The van der Waals surface area contributed by atoms with Crippen LogP contribution < -0.4 is 5.32 Å². The molecule has 2 amide bonds. The Labute approximate surface area is 102 Å². The van der Waals surface area contributed by atoms with E-state index in [0.717, 1.165) is 32.4 Å². The molecule has 1 aliphatic carbocycles. The maximum absolute atomic E-state index is 12.0. The first kappa shape index (κ1) is 11.1. The molecule has 0 aromatic rings. The molecule has 4 nitrogen and oxygen atoms in total. The van der Waals surface area contributed by atoms with Gasteiger partial charge < -0.3 is 10.2 Å². The molecule has 17 heavy (non-hydrogen) atoms. The quantitative estimate of drug-likeness (QED) is 0.775. The van der Waals surface area contributed by atoms with Crippen LogP contribution in [0, 0.1) is 11.8 Å². The lowest BCUT2D eigenvalue weighted by Gasteiger charge is -2.41. The van der Waals surface area contributed by atoms with Crippen LogP contribution >= 0.6 is 0 Å². The number of carbonyl (C=O) groups is 2. The van der Waals surface area contributed by atoms with E-state index in [1.807, 2.05) is 4.90 Å². The normalized spacial score (nSPS) is 32.9. The minimum atomic E-state index is 0.184. The number of hydrogen-bond acceptors (Lipinski definition) is 2. The molecule has 2 heterocycles. The highest BCUT2D eigenvalue weighted by Crippen LogP contribution is 2.34. The van der Waals surface area contributed by atoms with Gasteiger partial charge in [-0.2, -0.15) is 0 Å². The number of rotatable bonds is 2. The molecule has 1 saturated carbocycles. The Morgan fingerprint density at radius 2 is 2.12 bits per heavy atom. The zero-order valence-electron chi connectivity index (χ0n) is 10.2. The molecule has 0 spiro atoms. The molecule has 3 aliphatic rings.